The summed E-state index contributed by atoms with van der Waals surface area (Å²) in [5.41, 5.74) is 0. The smallest absolute Gasteiger partial charge is 0.248 e. The molecule has 2 saturated heterocycles. The molecule has 2 amide bonds. The molecule has 2 atom stereocenters. The SMILES string of the molecule is COCCOCC(=O)N1CCCC2C(=O)NCC21. The van der Waals surface area contributed by atoms with Gasteiger partial charge in [-0.1, -0.05) is 0 Å². The van der Waals surface area contributed by atoms with Gasteiger partial charge < -0.3 is 19.7 Å². The summed E-state index contributed by atoms with van der Waals surface area (Å²) in [4.78, 5) is 25.4. The molecule has 1 N–H and O–H groups in total. The maximum Gasteiger partial charge on any atom is 0.248 e. The van der Waals surface area contributed by atoms with E-state index in [0.29, 0.717) is 19.8 Å². The molecule has 0 aromatic rings. The Morgan fingerprint density at radius 2 is 2.33 bits per heavy atom. The largest absolute Gasteiger partial charge is 0.382 e. The molecule has 2 rings (SSSR count). The van der Waals surface area contributed by atoms with Crippen molar-refractivity contribution in [2.24, 2.45) is 5.92 Å². The van der Waals surface area contributed by atoms with Crippen LogP contribution in [0.1, 0.15) is 12.8 Å². The van der Waals surface area contributed by atoms with Crippen LogP contribution in [0.3, 0.4) is 0 Å². The van der Waals surface area contributed by atoms with E-state index in [1.54, 1.807) is 12.0 Å². The number of nitrogens with one attached hydrogen (secondary N) is 1. The molecule has 102 valence electrons. The van der Waals surface area contributed by atoms with Crippen LogP contribution in [-0.4, -0.2) is 62.8 Å². The molecule has 0 aliphatic carbocycles. The maximum atomic E-state index is 12.0. The molecule has 6 nitrogen and oxygen atoms in total. The lowest BCUT2D eigenvalue weighted by Gasteiger charge is -2.35. The number of nitrogens with zero attached hydrogens (tertiary/aromatic N) is 1. The molecule has 2 aliphatic rings. The molecule has 2 fully saturated rings. The first-order valence-electron chi connectivity index (χ1n) is 6.38. The number of amides is 2. The topological polar surface area (TPSA) is 67.9 Å². The molecule has 6 heteroatoms. The lowest BCUT2D eigenvalue weighted by Crippen LogP contribution is -2.50. The Morgan fingerprint density at radius 3 is 3.11 bits per heavy atom. The normalized spacial score (nSPS) is 26.9. The Morgan fingerprint density at radius 1 is 1.50 bits per heavy atom. The van der Waals surface area contributed by atoms with Crippen LogP contribution in [0, 0.1) is 5.92 Å². The number of rotatable bonds is 5. The Kier molecular flexibility index (Phi) is 4.54. The second-order valence-corrected chi connectivity index (χ2v) is 4.69. The zero-order chi connectivity index (χ0) is 13.0. The maximum absolute atomic E-state index is 12.0. The summed E-state index contributed by atoms with van der Waals surface area (Å²) in [6.07, 6.45) is 1.77. The highest BCUT2D eigenvalue weighted by Crippen LogP contribution is 2.27. The zero-order valence-electron chi connectivity index (χ0n) is 10.7. The number of fused-ring (bicyclic) bond motifs is 1. The van der Waals surface area contributed by atoms with Crippen LogP contribution in [0.2, 0.25) is 0 Å². The van der Waals surface area contributed by atoms with E-state index >= 15 is 0 Å². The summed E-state index contributed by atoms with van der Waals surface area (Å²) in [6, 6.07) is 0.0183. The van der Waals surface area contributed by atoms with Crippen molar-refractivity contribution in [3.05, 3.63) is 0 Å². The number of carbonyl (C=O) groups is 2. The molecule has 0 radical (unpaired) electrons. The number of hydrogen-bond acceptors (Lipinski definition) is 4. The molecule has 2 unspecified atom stereocenters. The molecule has 0 spiro atoms. The third kappa shape index (κ3) is 2.81. The van der Waals surface area contributed by atoms with Gasteiger partial charge in [-0.2, -0.15) is 0 Å². The van der Waals surface area contributed by atoms with E-state index in [1.807, 2.05) is 0 Å². The van der Waals surface area contributed by atoms with Crippen molar-refractivity contribution in [1.29, 1.82) is 0 Å². The van der Waals surface area contributed by atoms with Crippen LogP contribution in [0.5, 0.6) is 0 Å². The number of methoxy groups -OCH3 is 1. The Bertz CT molecular complexity index is 321. The van der Waals surface area contributed by atoms with Crippen LogP contribution < -0.4 is 5.32 Å². The van der Waals surface area contributed by atoms with Crippen LogP contribution in [-0.2, 0) is 19.1 Å². The van der Waals surface area contributed by atoms with Crippen LogP contribution in [0.25, 0.3) is 0 Å². The quantitative estimate of drug-likeness (QED) is 0.666. The number of ether oxygens (including phenoxy) is 2. The monoisotopic (exact) mass is 256 g/mol. The summed E-state index contributed by atoms with van der Waals surface area (Å²) < 4.78 is 10.1. The van der Waals surface area contributed by atoms with E-state index in [9.17, 15) is 9.59 Å². The summed E-state index contributed by atoms with van der Waals surface area (Å²) in [5.74, 6) is 0.0248. The summed E-state index contributed by atoms with van der Waals surface area (Å²) in [7, 11) is 1.59. The number of hydrogen-bond donors (Lipinski definition) is 1. The molecule has 2 heterocycles. The fourth-order valence-corrected chi connectivity index (χ4v) is 2.65. The summed E-state index contributed by atoms with van der Waals surface area (Å²) >= 11 is 0. The molecule has 0 aromatic carbocycles. The molecular weight excluding hydrogens is 236 g/mol. The highest BCUT2D eigenvalue weighted by Gasteiger charge is 2.42. The van der Waals surface area contributed by atoms with Crippen molar-refractivity contribution in [3.8, 4) is 0 Å². The number of piperidine rings is 1. The van der Waals surface area contributed by atoms with Gasteiger partial charge in [0.15, 0.2) is 0 Å². The number of carbonyl (C=O) groups excluding carboxylic acids is 2. The predicted octanol–water partition coefficient (Wildman–Crippen LogP) is -0.614. The van der Waals surface area contributed by atoms with Crippen molar-refractivity contribution in [2.75, 3.05) is 40.0 Å². The van der Waals surface area contributed by atoms with Crippen molar-refractivity contribution >= 4 is 11.8 Å². The van der Waals surface area contributed by atoms with Crippen molar-refractivity contribution < 1.29 is 19.1 Å². The van der Waals surface area contributed by atoms with E-state index < -0.39 is 0 Å². The van der Waals surface area contributed by atoms with Gasteiger partial charge in [0.1, 0.15) is 6.61 Å². The minimum Gasteiger partial charge on any atom is -0.382 e. The van der Waals surface area contributed by atoms with E-state index in [-0.39, 0.29) is 30.4 Å². The fourth-order valence-electron chi connectivity index (χ4n) is 2.65. The third-order valence-corrected chi connectivity index (χ3v) is 3.58. The Balaban J connectivity index is 1.83. The Hall–Kier alpha value is -1.14. The molecular formula is C12H20N2O4. The van der Waals surface area contributed by atoms with Gasteiger partial charge in [0.25, 0.3) is 0 Å². The fraction of sp³-hybridized carbons (Fsp3) is 0.833. The summed E-state index contributed by atoms with van der Waals surface area (Å²) in [5, 5.41) is 2.83. The van der Waals surface area contributed by atoms with Gasteiger partial charge >= 0.3 is 0 Å². The van der Waals surface area contributed by atoms with Crippen LogP contribution in [0.4, 0.5) is 0 Å². The first-order chi connectivity index (χ1) is 8.74. The molecule has 0 bridgehead atoms. The Labute approximate surface area is 107 Å². The van der Waals surface area contributed by atoms with Crippen molar-refractivity contribution in [3.63, 3.8) is 0 Å². The third-order valence-electron chi connectivity index (χ3n) is 3.58. The average molecular weight is 256 g/mol. The number of likely N-dealkylation sites (tertiary alicyclic amines) is 1. The van der Waals surface area contributed by atoms with Gasteiger partial charge in [-0.3, -0.25) is 9.59 Å². The van der Waals surface area contributed by atoms with Gasteiger partial charge in [-0.05, 0) is 12.8 Å². The summed E-state index contributed by atoms with van der Waals surface area (Å²) in [6.45, 7) is 2.28. The highest BCUT2D eigenvalue weighted by atomic mass is 16.5. The second kappa shape index (κ2) is 6.15. The van der Waals surface area contributed by atoms with Crippen molar-refractivity contribution in [1.82, 2.24) is 10.2 Å². The van der Waals surface area contributed by atoms with Crippen molar-refractivity contribution in [2.45, 2.75) is 18.9 Å². The predicted molar refractivity (Wildman–Crippen MR) is 63.9 cm³/mol. The minimum atomic E-state index is -0.0303. The van der Waals surface area contributed by atoms with E-state index in [0.717, 1.165) is 19.4 Å². The van der Waals surface area contributed by atoms with Gasteiger partial charge in [0, 0.05) is 20.2 Å². The average Bonchev–Trinajstić information content (AvgIpc) is 2.76. The van der Waals surface area contributed by atoms with Gasteiger partial charge in [-0.15, -0.1) is 0 Å². The highest BCUT2D eigenvalue weighted by molar-refractivity contribution is 5.85. The second-order valence-electron chi connectivity index (χ2n) is 4.69. The lowest BCUT2D eigenvalue weighted by atomic mass is 9.91. The van der Waals surface area contributed by atoms with Gasteiger partial charge in [-0.25, -0.2) is 0 Å². The lowest BCUT2D eigenvalue weighted by molar-refractivity contribution is -0.141. The first kappa shape index (κ1) is 13.3. The standard InChI is InChI=1S/C12H20N2O4/c1-17-5-6-18-8-11(15)14-4-2-3-9-10(14)7-13-12(9)16/h9-10H,2-8H2,1H3,(H,13,16). The van der Waals surface area contributed by atoms with Crippen LogP contribution >= 0.6 is 0 Å². The molecule has 0 saturated carbocycles. The molecule has 18 heavy (non-hydrogen) atoms. The van der Waals surface area contributed by atoms with E-state index in [2.05, 4.69) is 5.32 Å². The van der Waals surface area contributed by atoms with Crippen LogP contribution in [0.15, 0.2) is 0 Å². The van der Waals surface area contributed by atoms with Gasteiger partial charge in [0.2, 0.25) is 11.8 Å². The van der Waals surface area contributed by atoms with E-state index in [4.69, 9.17) is 9.47 Å². The van der Waals surface area contributed by atoms with Gasteiger partial charge in [0.05, 0.1) is 25.2 Å². The first-order valence-corrected chi connectivity index (χ1v) is 6.38. The molecule has 0 aromatic heterocycles. The molecule has 2 aliphatic heterocycles. The zero-order valence-corrected chi connectivity index (χ0v) is 10.7. The van der Waals surface area contributed by atoms with E-state index in [1.165, 1.54) is 0 Å². The minimum absolute atomic E-state index is 0.0183.